The van der Waals surface area contributed by atoms with E-state index in [2.05, 4.69) is 27.9 Å². The molecular formula is C11H14INO2. The van der Waals surface area contributed by atoms with Crippen LogP contribution in [0.4, 0.5) is 5.69 Å². The molecule has 0 radical (unpaired) electrons. The molecule has 0 amide bonds. The summed E-state index contributed by atoms with van der Waals surface area (Å²) >= 11 is 2.21. The first-order chi connectivity index (χ1) is 7.00. The van der Waals surface area contributed by atoms with Gasteiger partial charge in [-0.1, -0.05) is 13.8 Å². The first-order valence-corrected chi connectivity index (χ1v) is 5.83. The lowest BCUT2D eigenvalue weighted by Gasteiger charge is -2.19. The van der Waals surface area contributed by atoms with Gasteiger partial charge in [0.2, 0.25) is 0 Å². The number of hydrogen-bond donors (Lipinski definition) is 2. The molecule has 1 atom stereocenters. The predicted octanol–water partition coefficient (Wildman–Crippen LogP) is 2.81. The van der Waals surface area contributed by atoms with Crippen molar-refractivity contribution in [2.45, 2.75) is 19.9 Å². The molecule has 1 rings (SSSR count). The summed E-state index contributed by atoms with van der Waals surface area (Å²) in [5.74, 6) is -0.759. The SMILES string of the molecule is CC(C)C(Nc1ccc(I)cc1)C(=O)O. The number of carboxylic acid groups (broad SMARTS) is 1. The number of benzene rings is 1. The molecule has 1 unspecified atom stereocenters. The number of hydrogen-bond acceptors (Lipinski definition) is 2. The van der Waals surface area contributed by atoms with Crippen LogP contribution in [-0.4, -0.2) is 17.1 Å². The van der Waals surface area contributed by atoms with Crippen LogP contribution >= 0.6 is 22.6 Å². The number of halogens is 1. The van der Waals surface area contributed by atoms with Gasteiger partial charge in [-0.3, -0.25) is 0 Å². The van der Waals surface area contributed by atoms with Crippen LogP contribution in [0.3, 0.4) is 0 Å². The molecule has 0 aromatic heterocycles. The third-order valence-electron chi connectivity index (χ3n) is 2.10. The Morgan fingerprint density at radius 2 is 1.87 bits per heavy atom. The zero-order valence-electron chi connectivity index (χ0n) is 8.70. The maximum absolute atomic E-state index is 10.9. The van der Waals surface area contributed by atoms with Crippen molar-refractivity contribution in [3.05, 3.63) is 27.8 Å². The number of aliphatic carboxylic acids is 1. The van der Waals surface area contributed by atoms with Gasteiger partial charge in [0, 0.05) is 9.26 Å². The number of carboxylic acids is 1. The highest BCUT2D eigenvalue weighted by Gasteiger charge is 2.20. The van der Waals surface area contributed by atoms with Crippen molar-refractivity contribution >= 4 is 34.2 Å². The second-order valence-corrected chi connectivity index (χ2v) is 4.96. The van der Waals surface area contributed by atoms with Crippen LogP contribution in [0.1, 0.15) is 13.8 Å². The Morgan fingerprint density at radius 1 is 1.33 bits per heavy atom. The molecule has 15 heavy (non-hydrogen) atoms. The van der Waals surface area contributed by atoms with Gasteiger partial charge < -0.3 is 10.4 Å². The highest BCUT2D eigenvalue weighted by Crippen LogP contribution is 2.15. The molecule has 0 saturated heterocycles. The Morgan fingerprint density at radius 3 is 2.27 bits per heavy atom. The summed E-state index contributed by atoms with van der Waals surface area (Å²) in [6.07, 6.45) is 0. The molecule has 0 aliphatic carbocycles. The summed E-state index contributed by atoms with van der Waals surface area (Å²) in [7, 11) is 0. The summed E-state index contributed by atoms with van der Waals surface area (Å²) in [6.45, 7) is 3.77. The van der Waals surface area contributed by atoms with Gasteiger partial charge in [-0.15, -0.1) is 0 Å². The number of rotatable bonds is 4. The van der Waals surface area contributed by atoms with E-state index in [1.165, 1.54) is 0 Å². The Kier molecular flexibility index (Phi) is 4.38. The van der Waals surface area contributed by atoms with E-state index in [4.69, 9.17) is 5.11 Å². The van der Waals surface area contributed by atoms with Crippen LogP contribution in [0.2, 0.25) is 0 Å². The Labute approximate surface area is 103 Å². The molecule has 82 valence electrons. The first-order valence-electron chi connectivity index (χ1n) is 4.75. The van der Waals surface area contributed by atoms with E-state index in [1.807, 2.05) is 38.1 Å². The maximum Gasteiger partial charge on any atom is 0.326 e. The molecule has 0 aliphatic rings. The molecule has 0 heterocycles. The smallest absolute Gasteiger partial charge is 0.326 e. The van der Waals surface area contributed by atoms with Crippen molar-refractivity contribution in [2.24, 2.45) is 5.92 Å². The fourth-order valence-corrected chi connectivity index (χ4v) is 1.60. The summed E-state index contributed by atoms with van der Waals surface area (Å²) in [5, 5.41) is 12.0. The summed E-state index contributed by atoms with van der Waals surface area (Å²) < 4.78 is 1.13. The van der Waals surface area contributed by atoms with E-state index in [0.29, 0.717) is 0 Å². The normalized spacial score (nSPS) is 12.5. The van der Waals surface area contributed by atoms with Crippen LogP contribution in [0.15, 0.2) is 24.3 Å². The van der Waals surface area contributed by atoms with Crippen molar-refractivity contribution in [1.82, 2.24) is 0 Å². The van der Waals surface area contributed by atoms with Crippen LogP contribution in [0.5, 0.6) is 0 Å². The molecule has 4 heteroatoms. The van der Waals surface area contributed by atoms with Crippen molar-refractivity contribution < 1.29 is 9.90 Å². The molecular weight excluding hydrogens is 305 g/mol. The lowest BCUT2D eigenvalue weighted by Crippen LogP contribution is -2.34. The van der Waals surface area contributed by atoms with E-state index in [-0.39, 0.29) is 5.92 Å². The molecule has 3 nitrogen and oxygen atoms in total. The van der Waals surface area contributed by atoms with Crippen LogP contribution in [0, 0.1) is 9.49 Å². The van der Waals surface area contributed by atoms with E-state index < -0.39 is 12.0 Å². The summed E-state index contributed by atoms with van der Waals surface area (Å²) in [4.78, 5) is 10.9. The molecule has 0 aliphatic heterocycles. The number of nitrogens with one attached hydrogen (secondary N) is 1. The zero-order valence-corrected chi connectivity index (χ0v) is 10.9. The fourth-order valence-electron chi connectivity index (χ4n) is 1.24. The van der Waals surface area contributed by atoms with Crippen LogP contribution in [0.25, 0.3) is 0 Å². The lowest BCUT2D eigenvalue weighted by atomic mass is 10.0. The van der Waals surface area contributed by atoms with Crippen molar-refractivity contribution in [3.8, 4) is 0 Å². The highest BCUT2D eigenvalue weighted by atomic mass is 127. The third kappa shape index (κ3) is 3.70. The second kappa shape index (κ2) is 5.34. The van der Waals surface area contributed by atoms with Gasteiger partial charge in [-0.2, -0.15) is 0 Å². The average molecular weight is 319 g/mol. The zero-order chi connectivity index (χ0) is 11.4. The van der Waals surface area contributed by atoms with Gasteiger partial charge >= 0.3 is 5.97 Å². The Balaban J connectivity index is 2.74. The van der Waals surface area contributed by atoms with Gasteiger partial charge in [0.05, 0.1) is 0 Å². The molecule has 1 aromatic carbocycles. The first kappa shape index (κ1) is 12.3. The number of anilines is 1. The quantitative estimate of drug-likeness (QED) is 0.839. The molecule has 0 spiro atoms. The molecule has 2 N–H and O–H groups in total. The highest BCUT2D eigenvalue weighted by molar-refractivity contribution is 14.1. The van der Waals surface area contributed by atoms with E-state index in [1.54, 1.807) is 0 Å². The van der Waals surface area contributed by atoms with Crippen LogP contribution < -0.4 is 5.32 Å². The summed E-state index contributed by atoms with van der Waals surface area (Å²) in [6, 6.07) is 7.13. The standard InChI is InChI=1S/C11H14INO2/c1-7(2)10(11(14)15)13-9-5-3-8(12)4-6-9/h3-7,10,13H,1-2H3,(H,14,15). The molecule has 0 fully saturated rings. The van der Waals surface area contributed by atoms with Crippen molar-refractivity contribution in [1.29, 1.82) is 0 Å². The molecule has 1 aromatic rings. The van der Waals surface area contributed by atoms with Gasteiger partial charge in [-0.05, 0) is 52.8 Å². The van der Waals surface area contributed by atoms with Gasteiger partial charge in [-0.25, -0.2) is 4.79 Å². The maximum atomic E-state index is 10.9. The molecule has 0 saturated carbocycles. The van der Waals surface area contributed by atoms with E-state index in [0.717, 1.165) is 9.26 Å². The predicted molar refractivity (Wildman–Crippen MR) is 69.0 cm³/mol. The third-order valence-corrected chi connectivity index (χ3v) is 2.82. The van der Waals surface area contributed by atoms with Gasteiger partial charge in [0.15, 0.2) is 0 Å². The summed E-state index contributed by atoms with van der Waals surface area (Å²) in [5.41, 5.74) is 0.844. The van der Waals surface area contributed by atoms with Crippen LogP contribution in [-0.2, 0) is 4.79 Å². The van der Waals surface area contributed by atoms with Crippen molar-refractivity contribution in [2.75, 3.05) is 5.32 Å². The number of carbonyl (C=O) groups is 1. The monoisotopic (exact) mass is 319 g/mol. The Bertz CT molecular complexity index is 335. The lowest BCUT2D eigenvalue weighted by molar-refractivity contribution is -0.138. The minimum Gasteiger partial charge on any atom is -0.480 e. The average Bonchev–Trinajstić information content (AvgIpc) is 2.15. The fraction of sp³-hybridized carbons (Fsp3) is 0.364. The topological polar surface area (TPSA) is 49.3 Å². The minimum atomic E-state index is -0.816. The van der Waals surface area contributed by atoms with E-state index >= 15 is 0 Å². The van der Waals surface area contributed by atoms with E-state index in [9.17, 15) is 4.79 Å². The largest absolute Gasteiger partial charge is 0.480 e. The second-order valence-electron chi connectivity index (χ2n) is 3.71. The minimum absolute atomic E-state index is 0.0572. The van der Waals surface area contributed by atoms with Gasteiger partial charge in [0.1, 0.15) is 6.04 Å². The molecule has 0 bridgehead atoms. The van der Waals surface area contributed by atoms with Crippen molar-refractivity contribution in [3.63, 3.8) is 0 Å². The Hall–Kier alpha value is -0.780. The van der Waals surface area contributed by atoms with Gasteiger partial charge in [0.25, 0.3) is 0 Å².